The highest BCUT2D eigenvalue weighted by Crippen LogP contribution is 2.22. The van der Waals surface area contributed by atoms with Gasteiger partial charge in [-0.15, -0.1) is 5.10 Å². The summed E-state index contributed by atoms with van der Waals surface area (Å²) in [6.07, 6.45) is 3.26. The van der Waals surface area contributed by atoms with E-state index in [2.05, 4.69) is 15.5 Å². The second-order valence-corrected chi connectivity index (χ2v) is 6.22. The molecule has 126 valence electrons. The Hall–Kier alpha value is -3.09. The Morgan fingerprint density at radius 3 is 2.72 bits per heavy atom. The van der Waals surface area contributed by atoms with E-state index >= 15 is 0 Å². The predicted octanol–water partition coefficient (Wildman–Crippen LogP) is 1.86. The van der Waals surface area contributed by atoms with Crippen molar-refractivity contribution in [1.29, 1.82) is 0 Å². The number of fused-ring (bicyclic) bond motifs is 1. The fourth-order valence-electron chi connectivity index (χ4n) is 3.26. The zero-order valence-electron chi connectivity index (χ0n) is 13.6. The first-order valence-electron chi connectivity index (χ1n) is 8.28. The van der Waals surface area contributed by atoms with Crippen LogP contribution in [0.15, 0.2) is 48.7 Å². The van der Waals surface area contributed by atoms with Gasteiger partial charge in [0.2, 0.25) is 0 Å². The Morgan fingerprint density at radius 2 is 1.88 bits per heavy atom. The number of hydrogen-bond acceptors (Lipinski definition) is 5. The monoisotopic (exact) mass is 335 g/mol. The lowest BCUT2D eigenvalue weighted by atomic mass is 9.90. The van der Waals surface area contributed by atoms with Crippen LogP contribution in [0.1, 0.15) is 33.6 Å². The van der Waals surface area contributed by atoms with Gasteiger partial charge >= 0.3 is 0 Å². The molecule has 7 heteroatoms. The number of aromatic nitrogens is 4. The number of rotatable bonds is 3. The van der Waals surface area contributed by atoms with E-state index in [1.165, 1.54) is 4.52 Å². The highest BCUT2D eigenvalue weighted by atomic mass is 16.2. The average Bonchev–Trinajstić information content (AvgIpc) is 3.15. The molecule has 1 aliphatic heterocycles. The van der Waals surface area contributed by atoms with Crippen LogP contribution < -0.4 is 0 Å². The lowest BCUT2D eigenvalue weighted by Gasteiger charge is -2.32. The fourth-order valence-corrected chi connectivity index (χ4v) is 3.26. The van der Waals surface area contributed by atoms with Crippen molar-refractivity contribution >= 4 is 17.3 Å². The Kier molecular flexibility index (Phi) is 3.97. The summed E-state index contributed by atoms with van der Waals surface area (Å²) in [5.41, 5.74) is 1.82. The van der Waals surface area contributed by atoms with Gasteiger partial charge in [-0.05, 0) is 35.4 Å². The number of pyridine rings is 1. The number of carbonyl (C=O) groups excluding carboxylic acids is 2. The number of nitrogens with zero attached hydrogens (tertiary/aromatic N) is 5. The third kappa shape index (κ3) is 3.00. The summed E-state index contributed by atoms with van der Waals surface area (Å²) in [4.78, 5) is 27.2. The van der Waals surface area contributed by atoms with Gasteiger partial charge in [-0.2, -0.15) is 4.52 Å². The van der Waals surface area contributed by atoms with E-state index in [9.17, 15) is 9.59 Å². The summed E-state index contributed by atoms with van der Waals surface area (Å²) in [6.45, 7) is 1.10. The lowest BCUT2D eigenvalue weighted by Crippen LogP contribution is -2.42. The molecule has 4 rings (SSSR count). The van der Waals surface area contributed by atoms with Crippen LogP contribution in [-0.2, 0) is 0 Å². The van der Waals surface area contributed by atoms with Crippen molar-refractivity contribution in [2.45, 2.75) is 12.8 Å². The van der Waals surface area contributed by atoms with Crippen LogP contribution in [0.4, 0.5) is 0 Å². The zero-order valence-corrected chi connectivity index (χ0v) is 13.6. The second kappa shape index (κ2) is 6.43. The molecule has 7 nitrogen and oxygen atoms in total. The molecule has 1 fully saturated rings. The normalized spacial score (nSPS) is 17.6. The maximum Gasteiger partial charge on any atom is 0.255 e. The SMILES string of the molecule is O=C(c1ccccc1)[C@@H]1CCCN(C(=O)c2ccc3nnnn3c2)C1. The molecule has 1 aromatic carbocycles. The number of amides is 1. The minimum Gasteiger partial charge on any atom is -0.338 e. The molecule has 0 N–H and O–H groups in total. The van der Waals surface area contributed by atoms with E-state index in [0.717, 1.165) is 12.8 Å². The number of benzene rings is 1. The first-order chi connectivity index (χ1) is 12.2. The number of tetrazole rings is 1. The fraction of sp³-hybridized carbons (Fsp3) is 0.278. The molecule has 3 heterocycles. The molecule has 0 aliphatic carbocycles. The maximum atomic E-state index is 12.8. The van der Waals surface area contributed by atoms with Gasteiger partial charge in [0.1, 0.15) is 0 Å². The van der Waals surface area contributed by atoms with Crippen LogP contribution in [0.3, 0.4) is 0 Å². The van der Waals surface area contributed by atoms with E-state index in [0.29, 0.717) is 29.9 Å². The molecule has 0 radical (unpaired) electrons. The van der Waals surface area contributed by atoms with Crippen LogP contribution in [-0.4, -0.2) is 49.7 Å². The number of piperidine rings is 1. The molecular weight excluding hydrogens is 318 g/mol. The van der Waals surface area contributed by atoms with Gasteiger partial charge in [0, 0.05) is 30.8 Å². The first-order valence-corrected chi connectivity index (χ1v) is 8.28. The molecule has 0 spiro atoms. The summed E-state index contributed by atoms with van der Waals surface area (Å²) >= 11 is 0. The Balaban J connectivity index is 1.52. The van der Waals surface area contributed by atoms with Gasteiger partial charge in [-0.25, -0.2) is 0 Å². The van der Waals surface area contributed by atoms with Gasteiger partial charge in [0.25, 0.3) is 5.91 Å². The van der Waals surface area contributed by atoms with Gasteiger partial charge in [-0.3, -0.25) is 9.59 Å². The van der Waals surface area contributed by atoms with E-state index in [1.54, 1.807) is 23.2 Å². The number of hydrogen-bond donors (Lipinski definition) is 0. The van der Waals surface area contributed by atoms with Crippen LogP contribution in [0.2, 0.25) is 0 Å². The molecule has 1 saturated heterocycles. The smallest absolute Gasteiger partial charge is 0.255 e. The number of carbonyl (C=O) groups is 2. The number of Topliss-reactive ketones (excluding diaryl/α,β-unsaturated/α-hetero) is 1. The number of ketones is 1. The van der Waals surface area contributed by atoms with Crippen molar-refractivity contribution in [2.75, 3.05) is 13.1 Å². The lowest BCUT2D eigenvalue weighted by molar-refractivity contribution is 0.0636. The highest BCUT2D eigenvalue weighted by Gasteiger charge is 2.29. The third-order valence-electron chi connectivity index (χ3n) is 4.58. The topological polar surface area (TPSA) is 80.5 Å². The van der Waals surface area contributed by atoms with Crippen molar-refractivity contribution in [3.8, 4) is 0 Å². The summed E-state index contributed by atoms with van der Waals surface area (Å²) < 4.78 is 1.48. The molecule has 3 aromatic rings. The Labute approximate surface area is 144 Å². The summed E-state index contributed by atoms with van der Waals surface area (Å²) in [5.74, 6) is -0.145. The highest BCUT2D eigenvalue weighted by molar-refractivity contribution is 5.99. The standard InChI is InChI=1S/C18H17N5O2/c24-17(13-5-2-1-3-6-13)14-7-4-10-22(11-14)18(25)15-8-9-16-19-20-21-23(16)12-15/h1-3,5-6,8-9,12,14H,4,7,10-11H2/t14-/m1/s1. The molecule has 25 heavy (non-hydrogen) atoms. The van der Waals surface area contributed by atoms with E-state index in [-0.39, 0.29) is 17.6 Å². The molecule has 0 unspecified atom stereocenters. The van der Waals surface area contributed by atoms with Crippen LogP contribution in [0.5, 0.6) is 0 Å². The van der Waals surface area contributed by atoms with Gasteiger partial charge < -0.3 is 4.90 Å². The zero-order chi connectivity index (χ0) is 17.2. The Bertz CT molecular complexity index is 921. The van der Waals surface area contributed by atoms with E-state index in [1.807, 2.05) is 30.3 Å². The van der Waals surface area contributed by atoms with Gasteiger partial charge in [0.05, 0.1) is 5.56 Å². The Morgan fingerprint density at radius 1 is 1.04 bits per heavy atom. The summed E-state index contributed by atoms with van der Waals surface area (Å²) in [6, 6.07) is 12.7. The minimum absolute atomic E-state index is 0.0945. The summed E-state index contributed by atoms with van der Waals surface area (Å²) in [7, 11) is 0. The molecule has 1 amide bonds. The number of likely N-dealkylation sites (tertiary alicyclic amines) is 1. The van der Waals surface area contributed by atoms with Crippen molar-refractivity contribution in [2.24, 2.45) is 5.92 Å². The van der Waals surface area contributed by atoms with Gasteiger partial charge in [0.15, 0.2) is 11.4 Å². The predicted molar refractivity (Wildman–Crippen MR) is 90.2 cm³/mol. The largest absolute Gasteiger partial charge is 0.338 e. The van der Waals surface area contributed by atoms with E-state index < -0.39 is 0 Å². The molecule has 0 bridgehead atoms. The van der Waals surface area contributed by atoms with Crippen molar-refractivity contribution in [3.05, 3.63) is 59.8 Å². The molecule has 2 aromatic heterocycles. The molecule has 1 aliphatic rings. The van der Waals surface area contributed by atoms with Crippen LogP contribution in [0.25, 0.3) is 5.65 Å². The van der Waals surface area contributed by atoms with E-state index in [4.69, 9.17) is 0 Å². The van der Waals surface area contributed by atoms with Crippen LogP contribution >= 0.6 is 0 Å². The minimum atomic E-state index is -0.156. The average molecular weight is 335 g/mol. The van der Waals surface area contributed by atoms with Gasteiger partial charge in [-0.1, -0.05) is 30.3 Å². The molecule has 1 atom stereocenters. The third-order valence-corrected chi connectivity index (χ3v) is 4.58. The quantitative estimate of drug-likeness (QED) is 0.683. The summed E-state index contributed by atoms with van der Waals surface area (Å²) in [5, 5.41) is 11.2. The molecule has 0 saturated carbocycles. The van der Waals surface area contributed by atoms with Crippen molar-refractivity contribution in [1.82, 2.24) is 24.9 Å². The van der Waals surface area contributed by atoms with Crippen molar-refractivity contribution in [3.63, 3.8) is 0 Å². The maximum absolute atomic E-state index is 12.8. The first kappa shape index (κ1) is 15.4. The van der Waals surface area contributed by atoms with Crippen LogP contribution in [0, 0.1) is 5.92 Å². The van der Waals surface area contributed by atoms with Crippen molar-refractivity contribution < 1.29 is 9.59 Å². The second-order valence-electron chi connectivity index (χ2n) is 6.22. The molecular formula is C18H17N5O2.